The number of aromatic amines is 1. The monoisotopic (exact) mass is 373 g/mol. The van der Waals surface area contributed by atoms with Gasteiger partial charge in [0.25, 0.3) is 5.56 Å². The molecule has 0 saturated carbocycles. The van der Waals surface area contributed by atoms with Crippen LogP contribution >= 0.6 is 0 Å². The number of rotatable bonds is 4. The first kappa shape index (κ1) is 17.7. The van der Waals surface area contributed by atoms with Crippen molar-refractivity contribution >= 4 is 10.9 Å². The van der Waals surface area contributed by atoms with E-state index in [0.29, 0.717) is 23.4 Å². The van der Waals surface area contributed by atoms with Gasteiger partial charge in [0.2, 0.25) is 5.88 Å². The summed E-state index contributed by atoms with van der Waals surface area (Å²) in [5, 5.41) is 10.4. The van der Waals surface area contributed by atoms with Crippen molar-refractivity contribution in [2.24, 2.45) is 5.73 Å². The van der Waals surface area contributed by atoms with Crippen molar-refractivity contribution in [2.75, 3.05) is 6.61 Å². The van der Waals surface area contributed by atoms with Crippen LogP contribution < -0.4 is 20.8 Å². The number of hydrogen-bond acceptors (Lipinski definition) is 5. The topological polar surface area (TPSA) is 101 Å². The van der Waals surface area contributed by atoms with Gasteiger partial charge in [-0.2, -0.15) is 5.26 Å². The van der Waals surface area contributed by atoms with Gasteiger partial charge in [-0.1, -0.05) is 31.2 Å². The van der Waals surface area contributed by atoms with Crippen LogP contribution in [0.2, 0.25) is 0 Å². The quantitative estimate of drug-likeness (QED) is 0.728. The summed E-state index contributed by atoms with van der Waals surface area (Å²) in [6.07, 6.45) is 0.912. The van der Waals surface area contributed by atoms with Crippen molar-refractivity contribution in [1.29, 1.82) is 5.26 Å². The number of benzene rings is 2. The van der Waals surface area contributed by atoms with Crippen LogP contribution in [0.3, 0.4) is 0 Å². The fourth-order valence-electron chi connectivity index (χ4n) is 3.48. The Balaban J connectivity index is 1.91. The van der Waals surface area contributed by atoms with E-state index in [1.165, 1.54) is 0 Å². The molecule has 1 aliphatic heterocycles. The molecule has 140 valence electrons. The Bertz CT molecular complexity index is 1170. The lowest BCUT2D eigenvalue weighted by Crippen LogP contribution is -2.27. The van der Waals surface area contributed by atoms with Crippen molar-refractivity contribution in [3.63, 3.8) is 0 Å². The Hall–Kier alpha value is -3.72. The summed E-state index contributed by atoms with van der Waals surface area (Å²) in [4.78, 5) is 15.8. The van der Waals surface area contributed by atoms with Crippen LogP contribution in [0.1, 0.15) is 30.4 Å². The fraction of sp³-hybridized carbons (Fsp3) is 0.182. The van der Waals surface area contributed by atoms with E-state index >= 15 is 0 Å². The van der Waals surface area contributed by atoms with Crippen molar-refractivity contribution in [1.82, 2.24) is 4.98 Å². The van der Waals surface area contributed by atoms with Crippen LogP contribution in [-0.4, -0.2) is 11.6 Å². The third-order valence-electron chi connectivity index (χ3n) is 4.77. The lowest BCUT2D eigenvalue weighted by molar-refractivity contribution is 0.317. The number of nitriles is 1. The zero-order valence-corrected chi connectivity index (χ0v) is 15.4. The molecule has 0 saturated heterocycles. The van der Waals surface area contributed by atoms with E-state index in [9.17, 15) is 10.1 Å². The van der Waals surface area contributed by atoms with E-state index in [2.05, 4.69) is 11.1 Å². The molecule has 3 N–H and O–H groups in total. The lowest BCUT2D eigenvalue weighted by atomic mass is 9.83. The predicted octanol–water partition coefficient (Wildman–Crippen LogP) is 3.54. The molecule has 28 heavy (non-hydrogen) atoms. The minimum absolute atomic E-state index is 0.0158. The lowest BCUT2D eigenvalue weighted by Gasteiger charge is -2.26. The molecule has 1 aliphatic rings. The molecule has 0 fully saturated rings. The van der Waals surface area contributed by atoms with E-state index in [1.54, 1.807) is 6.07 Å². The Morgan fingerprint density at radius 3 is 2.68 bits per heavy atom. The average Bonchev–Trinajstić information content (AvgIpc) is 2.72. The number of para-hydroxylation sites is 1. The smallest absolute Gasteiger partial charge is 0.256 e. The zero-order valence-electron chi connectivity index (χ0n) is 15.4. The largest absolute Gasteiger partial charge is 0.494 e. The van der Waals surface area contributed by atoms with Crippen LogP contribution in [-0.2, 0) is 0 Å². The standard InChI is InChI=1S/C22H19N3O3/c1-2-11-27-14-9-7-13(8-10-14)18-16(12-23)21(24)28-20-15-5-3-4-6-17(15)25-22(26)19(18)20/h3-10,18H,2,11,24H2,1H3,(H,25,26)/t18-/m1/s1. The number of nitrogens with two attached hydrogens (primary N) is 1. The third kappa shape index (κ3) is 2.87. The minimum atomic E-state index is -0.609. The minimum Gasteiger partial charge on any atom is -0.494 e. The van der Waals surface area contributed by atoms with Gasteiger partial charge in [0.1, 0.15) is 23.1 Å². The molecule has 6 nitrogen and oxygen atoms in total. The highest BCUT2D eigenvalue weighted by Crippen LogP contribution is 2.43. The van der Waals surface area contributed by atoms with Gasteiger partial charge in [0, 0.05) is 5.39 Å². The second kappa shape index (κ2) is 7.12. The summed E-state index contributed by atoms with van der Waals surface area (Å²) < 4.78 is 11.4. The molecular formula is C22H19N3O3. The molecule has 1 atom stereocenters. The molecule has 2 heterocycles. The molecule has 0 bridgehead atoms. The van der Waals surface area contributed by atoms with Crippen LogP contribution in [0, 0.1) is 11.3 Å². The molecule has 0 radical (unpaired) electrons. The van der Waals surface area contributed by atoms with Gasteiger partial charge in [-0.05, 0) is 36.2 Å². The number of hydrogen-bond donors (Lipinski definition) is 2. The summed E-state index contributed by atoms with van der Waals surface area (Å²) in [5.74, 6) is 0.539. The first-order valence-corrected chi connectivity index (χ1v) is 9.09. The molecule has 6 heteroatoms. The van der Waals surface area contributed by atoms with E-state index in [0.717, 1.165) is 23.1 Å². The van der Waals surface area contributed by atoms with Crippen molar-refractivity contribution in [3.05, 3.63) is 81.5 Å². The Kier molecular flexibility index (Phi) is 4.50. The van der Waals surface area contributed by atoms with Gasteiger partial charge in [-0.15, -0.1) is 0 Å². The van der Waals surface area contributed by atoms with E-state index in [1.807, 2.05) is 49.4 Å². The van der Waals surface area contributed by atoms with Crippen LogP contribution in [0.4, 0.5) is 0 Å². The number of H-pyrrole nitrogens is 1. The Morgan fingerprint density at radius 2 is 1.96 bits per heavy atom. The molecule has 3 aromatic rings. The normalized spacial score (nSPS) is 15.6. The third-order valence-corrected chi connectivity index (χ3v) is 4.77. The second-order valence-corrected chi connectivity index (χ2v) is 6.58. The van der Waals surface area contributed by atoms with E-state index < -0.39 is 5.92 Å². The Labute approximate surface area is 161 Å². The number of nitrogens with zero attached hydrogens (tertiary/aromatic N) is 1. The van der Waals surface area contributed by atoms with Crippen LogP contribution in [0.25, 0.3) is 10.9 Å². The van der Waals surface area contributed by atoms with Crippen molar-refractivity contribution in [3.8, 4) is 17.6 Å². The number of pyridine rings is 1. The summed E-state index contributed by atoms with van der Waals surface area (Å²) in [6.45, 7) is 2.66. The van der Waals surface area contributed by atoms with Gasteiger partial charge in [0.15, 0.2) is 0 Å². The SMILES string of the molecule is CCCOc1ccc([C@@H]2C(C#N)=C(N)Oc3c2c(=O)[nH]c2ccccc32)cc1. The maximum atomic E-state index is 12.9. The maximum absolute atomic E-state index is 12.9. The molecule has 1 aromatic heterocycles. The number of fused-ring (bicyclic) bond motifs is 3. The number of allylic oxidation sites excluding steroid dienone is 1. The van der Waals surface area contributed by atoms with Crippen molar-refractivity contribution < 1.29 is 9.47 Å². The Morgan fingerprint density at radius 1 is 1.21 bits per heavy atom. The predicted molar refractivity (Wildman–Crippen MR) is 106 cm³/mol. The van der Waals surface area contributed by atoms with Crippen molar-refractivity contribution in [2.45, 2.75) is 19.3 Å². The fourth-order valence-corrected chi connectivity index (χ4v) is 3.48. The molecule has 4 rings (SSSR count). The molecular weight excluding hydrogens is 354 g/mol. The number of nitrogens with one attached hydrogen (secondary N) is 1. The van der Waals surface area contributed by atoms with E-state index in [-0.39, 0.29) is 17.0 Å². The highest BCUT2D eigenvalue weighted by Gasteiger charge is 2.34. The second-order valence-electron chi connectivity index (χ2n) is 6.58. The van der Waals surface area contributed by atoms with E-state index in [4.69, 9.17) is 15.2 Å². The number of aromatic nitrogens is 1. The van der Waals surface area contributed by atoms with Gasteiger partial charge in [-0.3, -0.25) is 4.79 Å². The number of ether oxygens (including phenoxy) is 2. The highest BCUT2D eigenvalue weighted by atomic mass is 16.5. The van der Waals surface area contributed by atoms with Gasteiger partial charge in [-0.25, -0.2) is 0 Å². The molecule has 0 spiro atoms. The van der Waals surface area contributed by atoms with Crippen LogP contribution in [0.15, 0.2) is 64.8 Å². The summed E-state index contributed by atoms with van der Waals surface area (Å²) >= 11 is 0. The average molecular weight is 373 g/mol. The van der Waals surface area contributed by atoms with Gasteiger partial charge in [0.05, 0.1) is 23.6 Å². The van der Waals surface area contributed by atoms with Crippen LogP contribution in [0.5, 0.6) is 11.5 Å². The molecule has 2 aromatic carbocycles. The first-order chi connectivity index (χ1) is 13.6. The highest BCUT2D eigenvalue weighted by molar-refractivity contribution is 5.87. The molecule has 0 amide bonds. The maximum Gasteiger partial charge on any atom is 0.256 e. The summed E-state index contributed by atoms with van der Waals surface area (Å²) in [5.41, 5.74) is 7.79. The van der Waals surface area contributed by atoms with Gasteiger partial charge >= 0.3 is 0 Å². The molecule has 0 aliphatic carbocycles. The summed E-state index contributed by atoms with van der Waals surface area (Å²) in [6, 6.07) is 16.8. The zero-order chi connectivity index (χ0) is 19.7. The molecule has 0 unspecified atom stereocenters. The summed E-state index contributed by atoms with van der Waals surface area (Å²) in [7, 11) is 0. The first-order valence-electron chi connectivity index (χ1n) is 9.09. The van der Waals surface area contributed by atoms with Gasteiger partial charge < -0.3 is 20.2 Å².